The van der Waals surface area contributed by atoms with E-state index in [2.05, 4.69) is 23.8 Å². The molecule has 2 rings (SSSR count). The van der Waals surface area contributed by atoms with Gasteiger partial charge >= 0.3 is 0 Å². The second kappa shape index (κ2) is 5.65. The summed E-state index contributed by atoms with van der Waals surface area (Å²) in [5.41, 5.74) is 0.377. The van der Waals surface area contributed by atoms with Crippen LogP contribution in [0.3, 0.4) is 0 Å². The number of likely N-dealkylation sites (tertiary alicyclic amines) is 1. The van der Waals surface area contributed by atoms with Crippen LogP contribution in [0.5, 0.6) is 0 Å². The van der Waals surface area contributed by atoms with Crippen molar-refractivity contribution in [1.82, 2.24) is 14.9 Å². The van der Waals surface area contributed by atoms with Crippen LogP contribution in [-0.4, -0.2) is 33.9 Å². The largest absolute Gasteiger partial charge is 0.337 e. The highest BCUT2D eigenvalue weighted by atomic mass is 35.5. The lowest BCUT2D eigenvalue weighted by molar-refractivity contribution is 0.0661. The van der Waals surface area contributed by atoms with Gasteiger partial charge in [0.15, 0.2) is 0 Å². The van der Waals surface area contributed by atoms with Gasteiger partial charge in [-0.1, -0.05) is 25.4 Å². The Labute approximate surface area is 112 Å². The van der Waals surface area contributed by atoms with Crippen LogP contribution in [0.4, 0.5) is 0 Å². The molecule has 0 bridgehead atoms. The Morgan fingerprint density at radius 3 is 2.50 bits per heavy atom. The summed E-state index contributed by atoms with van der Waals surface area (Å²) in [5, 5.41) is 0.310. The molecule has 0 radical (unpaired) electrons. The van der Waals surface area contributed by atoms with E-state index < -0.39 is 0 Å². The summed E-state index contributed by atoms with van der Waals surface area (Å²) >= 11 is 5.66. The van der Waals surface area contributed by atoms with Crippen LogP contribution >= 0.6 is 11.6 Å². The number of nitrogens with zero attached hydrogens (tertiary/aromatic N) is 3. The molecule has 1 saturated heterocycles. The topological polar surface area (TPSA) is 46.1 Å². The minimum absolute atomic E-state index is 0.0404. The van der Waals surface area contributed by atoms with Crippen molar-refractivity contribution in [2.75, 3.05) is 13.1 Å². The zero-order chi connectivity index (χ0) is 13.1. The van der Waals surface area contributed by atoms with Crippen LogP contribution in [0.15, 0.2) is 12.4 Å². The fourth-order valence-electron chi connectivity index (χ4n) is 2.35. The maximum Gasteiger partial charge on any atom is 0.274 e. The summed E-state index contributed by atoms with van der Waals surface area (Å²) in [5.74, 6) is 1.38. The van der Waals surface area contributed by atoms with Crippen LogP contribution in [0.2, 0.25) is 5.15 Å². The summed E-state index contributed by atoms with van der Waals surface area (Å²) < 4.78 is 0. The van der Waals surface area contributed by atoms with Crippen LogP contribution in [-0.2, 0) is 0 Å². The highest BCUT2D eigenvalue weighted by Crippen LogP contribution is 2.25. The van der Waals surface area contributed by atoms with Gasteiger partial charge in [0.2, 0.25) is 0 Å². The number of aromatic nitrogens is 2. The number of amides is 1. The molecule has 0 atom stereocenters. The molecular formula is C13H18ClN3O. The zero-order valence-electron chi connectivity index (χ0n) is 10.8. The standard InChI is InChI=1S/C13H18ClN3O/c1-9(2)10-3-5-17(6-4-10)13(18)11-7-16-12(14)8-15-11/h7-10H,3-6H2,1-2H3. The van der Waals surface area contributed by atoms with Gasteiger partial charge in [0.05, 0.1) is 12.4 Å². The molecule has 1 aromatic rings. The molecule has 1 fully saturated rings. The molecule has 1 aliphatic rings. The van der Waals surface area contributed by atoms with Crippen LogP contribution < -0.4 is 0 Å². The molecular weight excluding hydrogens is 250 g/mol. The van der Waals surface area contributed by atoms with Gasteiger partial charge < -0.3 is 4.90 Å². The third-order valence-corrected chi connectivity index (χ3v) is 3.80. The fraction of sp³-hybridized carbons (Fsp3) is 0.615. The first-order chi connectivity index (χ1) is 8.58. The van der Waals surface area contributed by atoms with Crippen LogP contribution in [0.1, 0.15) is 37.2 Å². The maximum atomic E-state index is 12.2. The van der Waals surface area contributed by atoms with Crippen molar-refractivity contribution >= 4 is 17.5 Å². The van der Waals surface area contributed by atoms with Gasteiger partial charge in [-0.15, -0.1) is 0 Å². The van der Waals surface area contributed by atoms with Crippen molar-refractivity contribution in [1.29, 1.82) is 0 Å². The zero-order valence-corrected chi connectivity index (χ0v) is 11.5. The number of hydrogen-bond acceptors (Lipinski definition) is 3. The molecule has 1 amide bonds. The molecule has 0 aromatic carbocycles. The lowest BCUT2D eigenvalue weighted by Gasteiger charge is -2.33. The van der Waals surface area contributed by atoms with Crippen molar-refractivity contribution < 1.29 is 4.79 Å². The van der Waals surface area contributed by atoms with E-state index in [4.69, 9.17) is 11.6 Å². The first-order valence-corrected chi connectivity index (χ1v) is 6.72. The number of halogens is 1. The minimum Gasteiger partial charge on any atom is -0.337 e. The molecule has 1 aromatic heterocycles. The Hall–Kier alpha value is -1.16. The number of hydrogen-bond donors (Lipinski definition) is 0. The van der Waals surface area contributed by atoms with Gasteiger partial charge in [0.25, 0.3) is 5.91 Å². The predicted octanol–water partition coefficient (Wildman–Crippen LogP) is 2.64. The third kappa shape index (κ3) is 2.99. The van der Waals surface area contributed by atoms with Gasteiger partial charge in [-0.05, 0) is 24.7 Å². The van der Waals surface area contributed by atoms with E-state index in [-0.39, 0.29) is 5.91 Å². The molecule has 1 aliphatic heterocycles. The molecule has 18 heavy (non-hydrogen) atoms. The van der Waals surface area contributed by atoms with Crippen LogP contribution in [0.25, 0.3) is 0 Å². The summed E-state index contributed by atoms with van der Waals surface area (Å²) in [6, 6.07) is 0. The SMILES string of the molecule is CC(C)C1CCN(C(=O)c2cnc(Cl)cn2)CC1. The quantitative estimate of drug-likeness (QED) is 0.828. The number of rotatable bonds is 2. The summed E-state index contributed by atoms with van der Waals surface area (Å²) in [4.78, 5) is 21.9. The van der Waals surface area contributed by atoms with E-state index in [0.29, 0.717) is 16.8 Å². The first kappa shape index (κ1) is 13.3. The lowest BCUT2D eigenvalue weighted by Crippen LogP contribution is -2.39. The van der Waals surface area contributed by atoms with Crippen molar-refractivity contribution in [3.8, 4) is 0 Å². The Balaban J connectivity index is 1.97. The summed E-state index contributed by atoms with van der Waals surface area (Å²) in [6.07, 6.45) is 5.00. The molecule has 0 aliphatic carbocycles. The first-order valence-electron chi connectivity index (χ1n) is 6.34. The summed E-state index contributed by atoms with van der Waals surface area (Å²) in [7, 11) is 0. The Bertz CT molecular complexity index is 411. The minimum atomic E-state index is -0.0404. The fourth-order valence-corrected chi connectivity index (χ4v) is 2.45. The second-order valence-corrected chi connectivity index (χ2v) is 5.49. The average Bonchev–Trinajstić information content (AvgIpc) is 2.39. The number of piperidine rings is 1. The van der Waals surface area contributed by atoms with Crippen molar-refractivity contribution in [3.63, 3.8) is 0 Å². The second-order valence-electron chi connectivity index (χ2n) is 5.10. The van der Waals surface area contributed by atoms with E-state index in [9.17, 15) is 4.79 Å². The number of carbonyl (C=O) groups is 1. The van der Waals surface area contributed by atoms with E-state index in [1.807, 2.05) is 4.90 Å². The molecule has 5 heteroatoms. The Morgan fingerprint density at radius 2 is 2.00 bits per heavy atom. The maximum absolute atomic E-state index is 12.2. The molecule has 0 saturated carbocycles. The van der Waals surface area contributed by atoms with Gasteiger partial charge in [-0.3, -0.25) is 4.79 Å². The molecule has 4 nitrogen and oxygen atoms in total. The predicted molar refractivity (Wildman–Crippen MR) is 70.5 cm³/mol. The summed E-state index contributed by atoms with van der Waals surface area (Å²) in [6.45, 7) is 6.11. The highest BCUT2D eigenvalue weighted by molar-refractivity contribution is 6.29. The smallest absolute Gasteiger partial charge is 0.274 e. The lowest BCUT2D eigenvalue weighted by atomic mass is 9.86. The monoisotopic (exact) mass is 267 g/mol. The molecule has 98 valence electrons. The molecule has 0 spiro atoms. The van der Waals surface area contributed by atoms with Crippen molar-refractivity contribution in [2.24, 2.45) is 11.8 Å². The Kier molecular flexibility index (Phi) is 4.17. The van der Waals surface area contributed by atoms with Crippen molar-refractivity contribution in [3.05, 3.63) is 23.2 Å². The molecule has 0 unspecified atom stereocenters. The molecule has 2 heterocycles. The van der Waals surface area contributed by atoms with E-state index in [0.717, 1.165) is 31.8 Å². The van der Waals surface area contributed by atoms with Crippen LogP contribution in [0, 0.1) is 11.8 Å². The van der Waals surface area contributed by atoms with Gasteiger partial charge in [0, 0.05) is 13.1 Å². The normalized spacial score (nSPS) is 17.2. The van der Waals surface area contributed by atoms with E-state index >= 15 is 0 Å². The molecule has 0 N–H and O–H groups in total. The van der Waals surface area contributed by atoms with Gasteiger partial charge in [-0.25, -0.2) is 9.97 Å². The van der Waals surface area contributed by atoms with Gasteiger partial charge in [0.1, 0.15) is 10.8 Å². The Morgan fingerprint density at radius 1 is 1.33 bits per heavy atom. The van der Waals surface area contributed by atoms with Crippen molar-refractivity contribution in [2.45, 2.75) is 26.7 Å². The van der Waals surface area contributed by atoms with Gasteiger partial charge in [-0.2, -0.15) is 0 Å². The highest BCUT2D eigenvalue weighted by Gasteiger charge is 2.25. The average molecular weight is 268 g/mol. The third-order valence-electron chi connectivity index (χ3n) is 3.61. The number of carbonyl (C=O) groups excluding carboxylic acids is 1. The van der Waals surface area contributed by atoms with E-state index in [1.165, 1.54) is 12.4 Å². The van der Waals surface area contributed by atoms with E-state index in [1.54, 1.807) is 0 Å².